The van der Waals surface area contributed by atoms with E-state index in [4.69, 9.17) is 14.2 Å². The summed E-state index contributed by atoms with van der Waals surface area (Å²) in [6, 6.07) is 0. The number of halogens is 1. The highest BCUT2D eigenvalue weighted by molar-refractivity contribution is 14.1. The first-order chi connectivity index (χ1) is 7.31. The van der Waals surface area contributed by atoms with E-state index in [0.717, 1.165) is 11.0 Å². The van der Waals surface area contributed by atoms with E-state index >= 15 is 0 Å². The lowest BCUT2D eigenvalue weighted by Crippen LogP contribution is -2.24. The summed E-state index contributed by atoms with van der Waals surface area (Å²) < 4.78 is 16.4. The number of carbonyl (C=O) groups is 1. The molecule has 0 rings (SSSR count). The first-order valence-corrected chi connectivity index (χ1v) is 6.33. The van der Waals surface area contributed by atoms with Gasteiger partial charge in [-0.15, -0.1) is 0 Å². The fourth-order valence-electron chi connectivity index (χ4n) is 0.731. The molecule has 0 aliphatic rings. The van der Waals surface area contributed by atoms with Gasteiger partial charge in [0.2, 0.25) is 5.91 Å². The SMILES string of the molecule is CNC(=O)COCCOCCOCCI. The minimum Gasteiger partial charge on any atom is -0.378 e. The molecule has 0 aromatic rings. The fourth-order valence-corrected chi connectivity index (χ4v) is 1.04. The van der Waals surface area contributed by atoms with E-state index in [9.17, 15) is 4.79 Å². The van der Waals surface area contributed by atoms with Crippen LogP contribution in [-0.2, 0) is 19.0 Å². The summed E-state index contributed by atoms with van der Waals surface area (Å²) in [4.78, 5) is 10.7. The van der Waals surface area contributed by atoms with Crippen molar-refractivity contribution in [3.63, 3.8) is 0 Å². The van der Waals surface area contributed by atoms with Crippen LogP contribution in [0.25, 0.3) is 0 Å². The van der Waals surface area contributed by atoms with Gasteiger partial charge in [-0.25, -0.2) is 0 Å². The molecule has 0 aromatic heterocycles. The second-order valence-corrected chi connectivity index (χ2v) is 3.72. The van der Waals surface area contributed by atoms with Crippen LogP contribution < -0.4 is 5.32 Å². The number of carbonyl (C=O) groups excluding carboxylic acids is 1. The van der Waals surface area contributed by atoms with Gasteiger partial charge in [-0.1, -0.05) is 22.6 Å². The van der Waals surface area contributed by atoms with Crippen molar-refractivity contribution in [1.82, 2.24) is 5.32 Å². The van der Waals surface area contributed by atoms with Crippen molar-refractivity contribution in [3.8, 4) is 0 Å². The number of alkyl halides is 1. The average molecular weight is 331 g/mol. The lowest BCUT2D eigenvalue weighted by molar-refractivity contribution is -0.125. The van der Waals surface area contributed by atoms with Crippen LogP contribution in [0.4, 0.5) is 0 Å². The van der Waals surface area contributed by atoms with Crippen LogP contribution in [-0.4, -0.2) is 57.0 Å². The maximum absolute atomic E-state index is 10.7. The van der Waals surface area contributed by atoms with Gasteiger partial charge < -0.3 is 19.5 Å². The quantitative estimate of drug-likeness (QED) is 0.353. The third-order valence-corrected chi connectivity index (χ3v) is 1.92. The second kappa shape index (κ2) is 12.2. The molecule has 15 heavy (non-hydrogen) atoms. The molecule has 0 saturated heterocycles. The van der Waals surface area contributed by atoms with Gasteiger partial charge in [0.1, 0.15) is 6.61 Å². The second-order valence-electron chi connectivity index (χ2n) is 2.64. The van der Waals surface area contributed by atoms with E-state index < -0.39 is 0 Å². The van der Waals surface area contributed by atoms with Crippen molar-refractivity contribution in [2.24, 2.45) is 0 Å². The molecule has 6 heteroatoms. The first-order valence-electron chi connectivity index (χ1n) is 4.81. The predicted octanol–water partition coefficient (Wildman–Crippen LogP) is 0.217. The van der Waals surface area contributed by atoms with Gasteiger partial charge in [-0.2, -0.15) is 0 Å². The maximum atomic E-state index is 10.7. The van der Waals surface area contributed by atoms with E-state index in [1.807, 2.05) is 0 Å². The van der Waals surface area contributed by atoms with E-state index in [1.165, 1.54) is 0 Å². The van der Waals surface area contributed by atoms with E-state index in [-0.39, 0.29) is 12.5 Å². The van der Waals surface area contributed by atoms with Crippen molar-refractivity contribution in [3.05, 3.63) is 0 Å². The molecule has 0 fully saturated rings. The van der Waals surface area contributed by atoms with Gasteiger partial charge in [-0.3, -0.25) is 4.79 Å². The minimum absolute atomic E-state index is 0.0885. The molecule has 0 bridgehead atoms. The molecule has 0 aliphatic heterocycles. The smallest absolute Gasteiger partial charge is 0.245 e. The zero-order valence-electron chi connectivity index (χ0n) is 8.96. The van der Waals surface area contributed by atoms with E-state index in [0.29, 0.717) is 26.4 Å². The van der Waals surface area contributed by atoms with Crippen molar-refractivity contribution in [1.29, 1.82) is 0 Å². The van der Waals surface area contributed by atoms with Crippen LogP contribution >= 0.6 is 22.6 Å². The maximum Gasteiger partial charge on any atom is 0.245 e. The molecule has 1 amide bonds. The molecule has 90 valence electrons. The zero-order valence-corrected chi connectivity index (χ0v) is 11.1. The van der Waals surface area contributed by atoms with Crippen LogP contribution in [0.5, 0.6) is 0 Å². The van der Waals surface area contributed by atoms with Gasteiger partial charge in [0.05, 0.1) is 33.0 Å². The van der Waals surface area contributed by atoms with Gasteiger partial charge in [0.25, 0.3) is 0 Å². The molecule has 0 aromatic carbocycles. The molecule has 0 aliphatic carbocycles. The number of nitrogens with one attached hydrogen (secondary N) is 1. The summed E-state index contributed by atoms with van der Waals surface area (Å²) in [5.41, 5.74) is 0. The molecule has 0 saturated carbocycles. The van der Waals surface area contributed by atoms with Gasteiger partial charge in [-0.05, 0) is 0 Å². The third-order valence-electron chi connectivity index (χ3n) is 1.48. The Morgan fingerprint density at radius 3 is 2.13 bits per heavy atom. The van der Waals surface area contributed by atoms with Crippen LogP contribution in [0.2, 0.25) is 0 Å². The Morgan fingerprint density at radius 2 is 1.60 bits per heavy atom. The Bertz CT molecular complexity index is 157. The number of hydrogen-bond acceptors (Lipinski definition) is 4. The topological polar surface area (TPSA) is 56.8 Å². The minimum atomic E-state index is -0.125. The lowest BCUT2D eigenvalue weighted by atomic mass is 10.6. The van der Waals surface area contributed by atoms with Crippen molar-refractivity contribution in [2.45, 2.75) is 0 Å². The number of likely N-dealkylation sites (N-methyl/N-ethyl adjacent to an activating group) is 1. The molecule has 1 N–H and O–H groups in total. The number of rotatable bonds is 10. The summed E-state index contributed by atoms with van der Waals surface area (Å²) in [7, 11) is 1.58. The summed E-state index contributed by atoms with van der Waals surface area (Å²) in [5, 5.41) is 2.46. The van der Waals surface area contributed by atoms with Gasteiger partial charge in [0, 0.05) is 11.5 Å². The Labute approximate surface area is 104 Å². The first kappa shape index (κ1) is 15.1. The standard InChI is InChI=1S/C9H18INO4/c1-11-9(12)8-15-7-6-14-5-4-13-3-2-10/h2-8H2,1H3,(H,11,12). The Hall–Kier alpha value is 0.0800. The highest BCUT2D eigenvalue weighted by atomic mass is 127. The highest BCUT2D eigenvalue weighted by Gasteiger charge is 1.96. The highest BCUT2D eigenvalue weighted by Crippen LogP contribution is 1.84. The largest absolute Gasteiger partial charge is 0.378 e. The Balaban J connectivity index is 2.95. The molecular weight excluding hydrogens is 313 g/mol. The normalized spacial score (nSPS) is 10.3. The Morgan fingerprint density at radius 1 is 1.07 bits per heavy atom. The van der Waals surface area contributed by atoms with Crippen molar-refractivity contribution < 1.29 is 19.0 Å². The lowest BCUT2D eigenvalue weighted by Gasteiger charge is -2.05. The van der Waals surface area contributed by atoms with Crippen LogP contribution in [0.15, 0.2) is 0 Å². The third kappa shape index (κ3) is 12.0. The molecule has 0 heterocycles. The van der Waals surface area contributed by atoms with Gasteiger partial charge in [0.15, 0.2) is 0 Å². The molecule has 5 nitrogen and oxygen atoms in total. The number of ether oxygens (including phenoxy) is 3. The molecule has 0 unspecified atom stereocenters. The summed E-state index contributed by atoms with van der Waals surface area (Å²) in [6.07, 6.45) is 0. The van der Waals surface area contributed by atoms with Crippen molar-refractivity contribution >= 4 is 28.5 Å². The zero-order chi connectivity index (χ0) is 11.4. The predicted molar refractivity (Wildman–Crippen MR) is 65.4 cm³/mol. The van der Waals surface area contributed by atoms with Crippen molar-refractivity contribution in [2.75, 3.05) is 51.1 Å². The summed E-state index contributed by atoms with van der Waals surface area (Å²) >= 11 is 2.25. The summed E-state index contributed by atoms with van der Waals surface area (Å²) in [5.74, 6) is -0.125. The number of hydrogen-bond donors (Lipinski definition) is 1. The van der Waals surface area contributed by atoms with Gasteiger partial charge >= 0.3 is 0 Å². The van der Waals surface area contributed by atoms with E-state index in [2.05, 4.69) is 27.9 Å². The molecule has 0 atom stereocenters. The fraction of sp³-hybridized carbons (Fsp3) is 0.889. The average Bonchev–Trinajstić information content (AvgIpc) is 2.26. The molecule has 0 spiro atoms. The molecular formula is C9H18INO4. The van der Waals surface area contributed by atoms with Crippen LogP contribution in [0, 0.1) is 0 Å². The monoisotopic (exact) mass is 331 g/mol. The van der Waals surface area contributed by atoms with Crippen LogP contribution in [0.3, 0.4) is 0 Å². The summed E-state index contributed by atoms with van der Waals surface area (Å²) in [6.45, 7) is 2.95. The Kier molecular flexibility index (Phi) is 12.2. The molecule has 0 radical (unpaired) electrons. The van der Waals surface area contributed by atoms with E-state index in [1.54, 1.807) is 7.05 Å². The van der Waals surface area contributed by atoms with Crippen LogP contribution in [0.1, 0.15) is 0 Å². The number of amides is 1.